The van der Waals surface area contributed by atoms with Gasteiger partial charge in [0.05, 0.1) is 0 Å². The first-order valence-corrected chi connectivity index (χ1v) is 9.33. The molecule has 1 saturated heterocycles. The number of imidazole rings is 1. The summed E-state index contributed by atoms with van der Waals surface area (Å²) >= 11 is 0. The van der Waals surface area contributed by atoms with Crippen molar-refractivity contribution in [2.24, 2.45) is 10.9 Å². The van der Waals surface area contributed by atoms with Crippen LogP contribution in [-0.2, 0) is 13.1 Å². The maximum Gasteiger partial charge on any atom is 0.194 e. The third kappa shape index (κ3) is 5.72. The van der Waals surface area contributed by atoms with Crippen LogP contribution in [-0.4, -0.2) is 40.0 Å². The maximum absolute atomic E-state index is 4.86. The number of hydrogen-bond donors (Lipinski definition) is 1. The molecule has 6 heteroatoms. The van der Waals surface area contributed by atoms with E-state index in [1.165, 1.54) is 18.4 Å². The number of benzene rings is 1. The quantitative estimate of drug-likeness (QED) is 0.414. The summed E-state index contributed by atoms with van der Waals surface area (Å²) in [6, 6.07) is 10.5. The van der Waals surface area contributed by atoms with Gasteiger partial charge in [-0.2, -0.15) is 0 Å². The van der Waals surface area contributed by atoms with Crippen LogP contribution in [0.4, 0.5) is 0 Å². The van der Waals surface area contributed by atoms with E-state index in [1.54, 1.807) is 0 Å². The first-order chi connectivity index (χ1) is 12.3. The topological polar surface area (TPSA) is 45.5 Å². The highest BCUT2D eigenvalue weighted by Gasteiger charge is 2.19. The Morgan fingerprint density at radius 3 is 2.85 bits per heavy atom. The molecule has 0 amide bonds. The first-order valence-electron chi connectivity index (χ1n) is 9.33. The minimum absolute atomic E-state index is 0. The summed E-state index contributed by atoms with van der Waals surface area (Å²) in [5.74, 6) is 2.75. The number of guanidine groups is 1. The molecule has 2 heterocycles. The third-order valence-corrected chi connectivity index (χ3v) is 4.66. The summed E-state index contributed by atoms with van der Waals surface area (Å²) in [5, 5.41) is 3.44. The Morgan fingerprint density at radius 1 is 1.31 bits per heavy atom. The molecule has 0 saturated carbocycles. The minimum atomic E-state index is 0. The van der Waals surface area contributed by atoms with Crippen LogP contribution in [0, 0.1) is 5.92 Å². The Kier molecular flexibility index (Phi) is 8.41. The Hall–Kier alpha value is -1.57. The van der Waals surface area contributed by atoms with Crippen molar-refractivity contribution in [2.75, 3.05) is 19.6 Å². The van der Waals surface area contributed by atoms with Gasteiger partial charge < -0.3 is 14.8 Å². The van der Waals surface area contributed by atoms with E-state index in [9.17, 15) is 0 Å². The van der Waals surface area contributed by atoms with Crippen LogP contribution in [0.25, 0.3) is 0 Å². The zero-order valence-corrected chi connectivity index (χ0v) is 18.1. The monoisotopic (exact) mass is 467 g/mol. The van der Waals surface area contributed by atoms with Crippen LogP contribution in [0.1, 0.15) is 38.1 Å². The molecular formula is C20H30IN5. The van der Waals surface area contributed by atoms with E-state index in [1.807, 2.05) is 18.5 Å². The number of nitrogens with zero attached hydrogens (tertiary/aromatic N) is 4. The molecule has 1 aliphatic heterocycles. The fraction of sp³-hybridized carbons (Fsp3) is 0.500. The average molecular weight is 467 g/mol. The Bertz CT molecular complexity index is 683. The maximum atomic E-state index is 4.86. The predicted octanol–water partition coefficient (Wildman–Crippen LogP) is 3.75. The van der Waals surface area contributed by atoms with Gasteiger partial charge >= 0.3 is 0 Å². The van der Waals surface area contributed by atoms with Crippen molar-refractivity contribution >= 4 is 29.9 Å². The van der Waals surface area contributed by atoms with Crippen molar-refractivity contribution < 1.29 is 0 Å². The van der Waals surface area contributed by atoms with Gasteiger partial charge in [0, 0.05) is 38.6 Å². The second kappa shape index (κ2) is 10.5. The first kappa shape index (κ1) is 20.7. The van der Waals surface area contributed by atoms with E-state index in [-0.39, 0.29) is 24.0 Å². The van der Waals surface area contributed by atoms with Crippen LogP contribution in [0.2, 0.25) is 0 Å². The molecule has 3 rings (SSSR count). The Morgan fingerprint density at radius 2 is 2.12 bits per heavy atom. The molecule has 26 heavy (non-hydrogen) atoms. The summed E-state index contributed by atoms with van der Waals surface area (Å²) in [6.45, 7) is 8.96. The van der Waals surface area contributed by atoms with Gasteiger partial charge in [-0.15, -0.1) is 24.0 Å². The fourth-order valence-corrected chi connectivity index (χ4v) is 3.37. The van der Waals surface area contributed by atoms with E-state index in [0.717, 1.165) is 43.9 Å². The Labute approximate surface area is 173 Å². The lowest BCUT2D eigenvalue weighted by molar-refractivity contribution is 0.266. The second-order valence-corrected chi connectivity index (χ2v) is 6.82. The largest absolute Gasteiger partial charge is 0.357 e. The molecule has 1 N–H and O–H groups in total. The van der Waals surface area contributed by atoms with Crippen LogP contribution < -0.4 is 5.32 Å². The number of nitrogens with one attached hydrogen (secondary N) is 1. The van der Waals surface area contributed by atoms with E-state index < -0.39 is 0 Å². The van der Waals surface area contributed by atoms with Crippen molar-refractivity contribution in [2.45, 2.75) is 39.8 Å². The highest BCUT2D eigenvalue weighted by Crippen LogP contribution is 2.15. The second-order valence-electron chi connectivity index (χ2n) is 6.82. The van der Waals surface area contributed by atoms with E-state index in [2.05, 4.69) is 57.9 Å². The zero-order chi connectivity index (χ0) is 17.5. The lowest BCUT2D eigenvalue weighted by Gasteiger charge is -2.33. The zero-order valence-electron chi connectivity index (χ0n) is 15.8. The molecule has 1 aromatic heterocycles. The molecule has 5 nitrogen and oxygen atoms in total. The van der Waals surface area contributed by atoms with Gasteiger partial charge in [0.2, 0.25) is 0 Å². The van der Waals surface area contributed by atoms with Gasteiger partial charge in [-0.25, -0.2) is 9.98 Å². The smallest absolute Gasteiger partial charge is 0.194 e. The van der Waals surface area contributed by atoms with Gasteiger partial charge in [0.15, 0.2) is 5.96 Å². The molecular weight excluding hydrogens is 437 g/mol. The average Bonchev–Trinajstić information content (AvgIpc) is 3.06. The summed E-state index contributed by atoms with van der Waals surface area (Å²) in [6.07, 6.45) is 6.46. The molecule has 1 fully saturated rings. The van der Waals surface area contributed by atoms with Crippen LogP contribution in [0.15, 0.2) is 47.7 Å². The van der Waals surface area contributed by atoms with E-state index >= 15 is 0 Å². The van der Waals surface area contributed by atoms with Crippen LogP contribution in [0.3, 0.4) is 0 Å². The molecule has 1 aromatic carbocycles. The lowest BCUT2D eigenvalue weighted by Crippen LogP contribution is -2.46. The van der Waals surface area contributed by atoms with Gasteiger partial charge in [-0.05, 0) is 31.2 Å². The summed E-state index contributed by atoms with van der Waals surface area (Å²) in [4.78, 5) is 11.8. The molecule has 1 atom stereocenters. The Balaban J connectivity index is 0.00000243. The molecule has 0 bridgehead atoms. The van der Waals surface area contributed by atoms with E-state index in [0.29, 0.717) is 6.54 Å². The van der Waals surface area contributed by atoms with Crippen LogP contribution >= 0.6 is 24.0 Å². The molecule has 0 radical (unpaired) electrons. The molecule has 142 valence electrons. The highest BCUT2D eigenvalue weighted by atomic mass is 127. The number of rotatable bonds is 5. The molecule has 0 spiro atoms. The molecule has 1 aliphatic rings. The lowest BCUT2D eigenvalue weighted by atomic mass is 10.0. The van der Waals surface area contributed by atoms with E-state index in [4.69, 9.17) is 4.99 Å². The predicted molar refractivity (Wildman–Crippen MR) is 118 cm³/mol. The molecule has 0 aliphatic carbocycles. The number of halogens is 1. The minimum Gasteiger partial charge on any atom is -0.357 e. The standard InChI is InChI=1S/C20H29N5.HI/c1-3-21-20(25-12-7-8-17(2)15-25)23-14-19-22-11-13-24(19)16-18-9-5-4-6-10-18;/h4-6,9-11,13,17H,3,7-8,12,14-16H2,1-2H3,(H,21,23);1H. The van der Waals surface area contributed by atoms with Crippen molar-refractivity contribution in [3.8, 4) is 0 Å². The van der Waals surface area contributed by atoms with Gasteiger partial charge in [0.25, 0.3) is 0 Å². The van der Waals surface area contributed by atoms with Crippen molar-refractivity contribution in [3.63, 3.8) is 0 Å². The number of likely N-dealkylation sites (tertiary alicyclic amines) is 1. The SMILES string of the molecule is CCNC(=NCc1nccn1Cc1ccccc1)N1CCCC(C)C1.I. The normalized spacial score (nSPS) is 17.7. The number of hydrogen-bond acceptors (Lipinski definition) is 2. The summed E-state index contributed by atoms with van der Waals surface area (Å²) in [5.41, 5.74) is 1.28. The van der Waals surface area contributed by atoms with Crippen molar-refractivity contribution in [1.29, 1.82) is 0 Å². The van der Waals surface area contributed by atoms with Crippen LogP contribution in [0.5, 0.6) is 0 Å². The third-order valence-electron chi connectivity index (χ3n) is 4.66. The van der Waals surface area contributed by atoms with Crippen molar-refractivity contribution in [3.05, 3.63) is 54.1 Å². The summed E-state index contributed by atoms with van der Waals surface area (Å²) < 4.78 is 2.18. The molecule has 1 unspecified atom stereocenters. The number of aromatic nitrogens is 2. The van der Waals surface area contributed by atoms with Crippen molar-refractivity contribution in [1.82, 2.24) is 19.8 Å². The number of piperidine rings is 1. The number of aliphatic imine (C=N–C) groups is 1. The highest BCUT2D eigenvalue weighted by molar-refractivity contribution is 14.0. The van der Waals surface area contributed by atoms with Gasteiger partial charge in [0.1, 0.15) is 12.4 Å². The summed E-state index contributed by atoms with van der Waals surface area (Å²) in [7, 11) is 0. The fourth-order valence-electron chi connectivity index (χ4n) is 3.37. The van der Waals surface area contributed by atoms with Gasteiger partial charge in [-0.3, -0.25) is 0 Å². The molecule has 2 aromatic rings. The van der Waals surface area contributed by atoms with Gasteiger partial charge in [-0.1, -0.05) is 37.3 Å².